The van der Waals surface area contributed by atoms with Crippen molar-refractivity contribution in [2.45, 2.75) is 5.60 Å². The van der Waals surface area contributed by atoms with Gasteiger partial charge in [-0.1, -0.05) is 115 Å². The van der Waals surface area contributed by atoms with E-state index < -0.39 is 5.60 Å². The largest absolute Gasteiger partial charge is 0.473 e. The van der Waals surface area contributed by atoms with E-state index in [2.05, 4.69) is 42.5 Å². The molecule has 0 unspecified atom stereocenters. The molecule has 34 heavy (non-hydrogen) atoms. The molecular formula is C32H22O2. The highest BCUT2D eigenvalue weighted by Crippen LogP contribution is 2.45. The van der Waals surface area contributed by atoms with E-state index in [1.165, 1.54) is 0 Å². The van der Waals surface area contributed by atoms with E-state index in [1.54, 1.807) is 0 Å². The summed E-state index contributed by atoms with van der Waals surface area (Å²) in [5.41, 5.74) is 3.58. The minimum absolute atomic E-state index is 0.0113. The van der Waals surface area contributed by atoms with Gasteiger partial charge in [0.15, 0.2) is 11.4 Å². The fraction of sp³-hybridized carbons (Fsp3) is 0.0312. The number of rotatable bonds is 4. The molecule has 0 saturated heterocycles. The Kier molecular flexibility index (Phi) is 4.85. The van der Waals surface area contributed by atoms with Crippen LogP contribution < -0.4 is 4.74 Å². The van der Waals surface area contributed by atoms with Crippen LogP contribution >= 0.6 is 0 Å². The average molecular weight is 439 g/mol. The Morgan fingerprint density at radius 2 is 1.15 bits per heavy atom. The van der Waals surface area contributed by atoms with Crippen LogP contribution in [-0.2, 0) is 5.60 Å². The monoisotopic (exact) mass is 438 g/mol. The van der Waals surface area contributed by atoms with Crippen molar-refractivity contribution in [1.29, 1.82) is 0 Å². The molecule has 0 spiro atoms. The van der Waals surface area contributed by atoms with Gasteiger partial charge in [0.1, 0.15) is 5.75 Å². The van der Waals surface area contributed by atoms with Gasteiger partial charge in [0.05, 0.1) is 0 Å². The quantitative estimate of drug-likeness (QED) is 0.273. The first kappa shape index (κ1) is 20.2. The Bertz CT molecular complexity index is 1480. The minimum Gasteiger partial charge on any atom is -0.473 e. The summed E-state index contributed by atoms with van der Waals surface area (Å²) in [6.07, 6.45) is 4.27. The molecule has 0 bridgehead atoms. The molecule has 0 atom stereocenters. The minimum atomic E-state index is -0.787. The standard InChI is InChI=1S/C32H22O2/c33-31(23-12-4-1-5-13-23)29-22-30-28(26-18-10-11-19-27(26)29)20-21-32(34-30,24-14-6-2-7-15-24)25-16-8-3-9-17-25/h1-22H. The summed E-state index contributed by atoms with van der Waals surface area (Å²) in [5.74, 6) is 0.691. The summed E-state index contributed by atoms with van der Waals surface area (Å²) in [6.45, 7) is 0. The molecule has 0 aliphatic carbocycles. The van der Waals surface area contributed by atoms with Gasteiger partial charge in [0.2, 0.25) is 0 Å². The molecule has 1 aliphatic rings. The summed E-state index contributed by atoms with van der Waals surface area (Å²) >= 11 is 0. The zero-order valence-corrected chi connectivity index (χ0v) is 18.5. The number of ether oxygens (including phenoxy) is 1. The average Bonchev–Trinajstić information content (AvgIpc) is 2.93. The maximum atomic E-state index is 13.6. The van der Waals surface area contributed by atoms with Crippen molar-refractivity contribution in [3.05, 3.63) is 155 Å². The first-order valence-corrected chi connectivity index (χ1v) is 11.4. The number of carbonyl (C=O) groups is 1. The molecular weight excluding hydrogens is 416 g/mol. The van der Waals surface area contributed by atoms with E-state index >= 15 is 0 Å². The second kappa shape index (κ2) is 8.17. The van der Waals surface area contributed by atoms with Crippen LogP contribution in [0.5, 0.6) is 5.75 Å². The molecule has 2 heteroatoms. The second-order valence-corrected chi connectivity index (χ2v) is 8.48. The first-order valence-electron chi connectivity index (χ1n) is 11.4. The Hall–Kier alpha value is -4.43. The van der Waals surface area contributed by atoms with Gasteiger partial charge in [-0.25, -0.2) is 0 Å². The molecule has 0 amide bonds. The second-order valence-electron chi connectivity index (χ2n) is 8.48. The third kappa shape index (κ3) is 3.23. The van der Waals surface area contributed by atoms with Gasteiger partial charge in [0.25, 0.3) is 0 Å². The third-order valence-electron chi connectivity index (χ3n) is 6.49. The summed E-state index contributed by atoms with van der Waals surface area (Å²) in [7, 11) is 0. The summed E-state index contributed by atoms with van der Waals surface area (Å²) in [5, 5.41) is 1.93. The fourth-order valence-electron chi connectivity index (χ4n) is 4.82. The van der Waals surface area contributed by atoms with E-state index in [1.807, 2.05) is 91.0 Å². The van der Waals surface area contributed by atoms with Crippen molar-refractivity contribution < 1.29 is 9.53 Å². The number of carbonyl (C=O) groups excluding carboxylic acids is 1. The molecule has 162 valence electrons. The Labute approximate surface area is 198 Å². The van der Waals surface area contributed by atoms with Crippen molar-refractivity contribution >= 4 is 22.6 Å². The molecule has 0 aromatic heterocycles. The number of benzene rings is 5. The summed E-state index contributed by atoms with van der Waals surface area (Å²) < 4.78 is 6.89. The van der Waals surface area contributed by atoms with Gasteiger partial charge in [-0.15, -0.1) is 0 Å². The van der Waals surface area contributed by atoms with Crippen LogP contribution in [0.25, 0.3) is 16.8 Å². The topological polar surface area (TPSA) is 26.3 Å². The van der Waals surface area contributed by atoms with Crippen LogP contribution in [0.2, 0.25) is 0 Å². The fourth-order valence-corrected chi connectivity index (χ4v) is 4.82. The molecule has 6 rings (SSSR count). The molecule has 1 heterocycles. The van der Waals surface area contributed by atoms with E-state index in [-0.39, 0.29) is 5.78 Å². The zero-order valence-electron chi connectivity index (χ0n) is 18.5. The van der Waals surface area contributed by atoms with Crippen LogP contribution in [0.1, 0.15) is 32.6 Å². The zero-order chi connectivity index (χ0) is 23.0. The highest BCUT2D eigenvalue weighted by molar-refractivity contribution is 6.18. The predicted octanol–water partition coefficient (Wildman–Crippen LogP) is 7.42. The number of hydrogen-bond acceptors (Lipinski definition) is 2. The third-order valence-corrected chi connectivity index (χ3v) is 6.49. The summed E-state index contributed by atoms with van der Waals surface area (Å²) in [4.78, 5) is 13.6. The lowest BCUT2D eigenvalue weighted by atomic mass is 9.82. The van der Waals surface area contributed by atoms with Crippen molar-refractivity contribution in [1.82, 2.24) is 0 Å². The maximum Gasteiger partial charge on any atom is 0.193 e. The summed E-state index contributed by atoms with van der Waals surface area (Å²) in [6, 6.07) is 39.8. The van der Waals surface area contributed by atoms with Crippen molar-refractivity contribution in [2.24, 2.45) is 0 Å². The molecule has 0 fully saturated rings. The van der Waals surface area contributed by atoms with Gasteiger partial charge in [-0.05, 0) is 29.0 Å². The molecule has 0 radical (unpaired) electrons. The molecule has 2 nitrogen and oxygen atoms in total. The number of ketones is 1. The lowest BCUT2D eigenvalue weighted by molar-refractivity contribution is 0.103. The van der Waals surface area contributed by atoms with Gasteiger partial charge in [0, 0.05) is 27.8 Å². The Balaban J connectivity index is 1.59. The van der Waals surface area contributed by atoms with Gasteiger partial charge >= 0.3 is 0 Å². The van der Waals surface area contributed by atoms with Crippen LogP contribution in [0.15, 0.2) is 127 Å². The normalized spacial score (nSPS) is 13.8. The van der Waals surface area contributed by atoms with Crippen molar-refractivity contribution in [2.75, 3.05) is 0 Å². The smallest absolute Gasteiger partial charge is 0.193 e. The SMILES string of the molecule is O=C(c1ccccc1)c1cc2c(c3ccccc13)C=CC(c1ccccc1)(c1ccccc1)O2. The van der Waals surface area contributed by atoms with Gasteiger partial charge in [-0.3, -0.25) is 4.79 Å². The van der Waals surface area contributed by atoms with E-state index in [0.29, 0.717) is 16.9 Å². The molecule has 1 aliphatic heterocycles. The molecule has 0 saturated carbocycles. The predicted molar refractivity (Wildman–Crippen MR) is 137 cm³/mol. The molecule has 5 aromatic rings. The lowest BCUT2D eigenvalue weighted by Gasteiger charge is -2.36. The van der Waals surface area contributed by atoms with Crippen molar-refractivity contribution in [3.8, 4) is 5.75 Å². The highest BCUT2D eigenvalue weighted by atomic mass is 16.5. The van der Waals surface area contributed by atoms with Crippen LogP contribution in [-0.4, -0.2) is 5.78 Å². The number of fused-ring (bicyclic) bond motifs is 3. The lowest BCUT2D eigenvalue weighted by Crippen LogP contribution is -2.34. The Morgan fingerprint density at radius 3 is 1.76 bits per heavy atom. The van der Waals surface area contributed by atoms with E-state index in [4.69, 9.17) is 4.74 Å². The van der Waals surface area contributed by atoms with Crippen LogP contribution in [0, 0.1) is 0 Å². The number of hydrogen-bond donors (Lipinski definition) is 0. The van der Waals surface area contributed by atoms with Crippen LogP contribution in [0.3, 0.4) is 0 Å². The first-order chi connectivity index (χ1) is 16.8. The highest BCUT2D eigenvalue weighted by Gasteiger charge is 2.37. The molecule has 0 N–H and O–H groups in total. The van der Waals surface area contributed by atoms with Crippen molar-refractivity contribution in [3.63, 3.8) is 0 Å². The van der Waals surface area contributed by atoms with Crippen LogP contribution in [0.4, 0.5) is 0 Å². The van der Waals surface area contributed by atoms with E-state index in [9.17, 15) is 4.79 Å². The van der Waals surface area contributed by atoms with Gasteiger partial charge in [-0.2, -0.15) is 0 Å². The van der Waals surface area contributed by atoms with E-state index in [0.717, 1.165) is 27.5 Å². The molecule has 5 aromatic carbocycles. The van der Waals surface area contributed by atoms with Gasteiger partial charge < -0.3 is 4.74 Å². The Morgan fingerprint density at radius 1 is 0.618 bits per heavy atom. The maximum absolute atomic E-state index is 13.6.